The van der Waals surface area contributed by atoms with Crippen molar-refractivity contribution >= 4 is 21.5 Å². The fourth-order valence-corrected chi connectivity index (χ4v) is 6.66. The summed E-state index contributed by atoms with van der Waals surface area (Å²) in [6.07, 6.45) is 4.81. The lowest BCUT2D eigenvalue weighted by atomic mass is 9.62. The van der Waals surface area contributed by atoms with Gasteiger partial charge in [-0.15, -0.1) is 0 Å². The van der Waals surface area contributed by atoms with Crippen LogP contribution in [0.2, 0.25) is 0 Å². The van der Waals surface area contributed by atoms with E-state index in [4.69, 9.17) is 0 Å². The van der Waals surface area contributed by atoms with Crippen molar-refractivity contribution in [3.05, 3.63) is 93.0 Å². The molecule has 6 rings (SSSR count). The minimum absolute atomic E-state index is 0.299. The van der Waals surface area contributed by atoms with Gasteiger partial charge in [0, 0.05) is 0 Å². The van der Waals surface area contributed by atoms with Gasteiger partial charge in [-0.1, -0.05) is 62.4 Å². The third-order valence-corrected chi connectivity index (χ3v) is 9.32. The van der Waals surface area contributed by atoms with Gasteiger partial charge in [0.05, 0.1) is 0 Å². The summed E-state index contributed by atoms with van der Waals surface area (Å²) in [7, 11) is 0. The van der Waals surface area contributed by atoms with Crippen LogP contribution in [0.4, 0.5) is 0 Å². The molecule has 0 saturated heterocycles. The second-order valence-corrected chi connectivity index (χ2v) is 11.6. The predicted octanol–water partition coefficient (Wildman–Crippen LogP) is 8.14. The maximum atomic E-state index is 2.56. The summed E-state index contributed by atoms with van der Waals surface area (Å²) < 4.78 is 0. The van der Waals surface area contributed by atoms with Gasteiger partial charge < -0.3 is 0 Å². The summed E-state index contributed by atoms with van der Waals surface area (Å²) in [5, 5.41) is 5.64. The Morgan fingerprint density at radius 2 is 0.625 bits per heavy atom. The highest BCUT2D eigenvalue weighted by atomic mass is 14.5. The van der Waals surface area contributed by atoms with Crippen molar-refractivity contribution in [3.8, 4) is 0 Å². The molecule has 162 valence electrons. The van der Waals surface area contributed by atoms with Crippen molar-refractivity contribution in [3.63, 3.8) is 0 Å². The largest absolute Gasteiger partial charge is 0.0585 e. The molecular weight excluding hydrogens is 384 g/mol. The second-order valence-electron chi connectivity index (χ2n) is 11.6. The quantitative estimate of drug-likeness (QED) is 0.293. The first-order valence-electron chi connectivity index (χ1n) is 12.2. The summed E-state index contributed by atoms with van der Waals surface area (Å²) in [6.45, 7) is 14.1. The lowest BCUT2D eigenvalue weighted by Gasteiger charge is -2.42. The van der Waals surface area contributed by atoms with E-state index in [1.807, 2.05) is 0 Å². The number of hydrogen-bond acceptors (Lipinski definition) is 0. The van der Waals surface area contributed by atoms with Crippen molar-refractivity contribution in [1.82, 2.24) is 0 Å². The van der Waals surface area contributed by atoms with E-state index >= 15 is 0 Å². The van der Waals surface area contributed by atoms with Crippen molar-refractivity contribution in [2.45, 2.75) is 67.2 Å². The standard InChI is InChI=1S/C32H34/c1-19-7-23-11-27-15-31(5,16-28(27)12-24(23)8-20(19)2)32(6)17-29-13-25-9-21(3)22(4)10-26(25)14-30(29)18-32/h7-14H,15-18H2,1-6H3. The van der Waals surface area contributed by atoms with Gasteiger partial charge in [-0.25, -0.2) is 0 Å². The highest BCUT2D eigenvalue weighted by Gasteiger charge is 2.50. The molecule has 0 N–H and O–H groups in total. The lowest BCUT2D eigenvalue weighted by Crippen LogP contribution is -2.39. The molecule has 0 atom stereocenters. The van der Waals surface area contributed by atoms with Crippen molar-refractivity contribution in [1.29, 1.82) is 0 Å². The molecular formula is C32H34. The average Bonchev–Trinajstić information content (AvgIpc) is 3.23. The molecule has 4 aromatic carbocycles. The zero-order chi connectivity index (χ0) is 22.4. The minimum Gasteiger partial charge on any atom is -0.0585 e. The fraction of sp³-hybridized carbons (Fsp3) is 0.375. The van der Waals surface area contributed by atoms with Crippen LogP contribution in [0.5, 0.6) is 0 Å². The maximum Gasteiger partial charge on any atom is -0.0178 e. The number of fused-ring (bicyclic) bond motifs is 4. The molecule has 32 heavy (non-hydrogen) atoms. The van der Waals surface area contributed by atoms with E-state index in [0.29, 0.717) is 10.8 Å². The van der Waals surface area contributed by atoms with Gasteiger partial charge in [0.25, 0.3) is 0 Å². The normalized spacial score (nSPS) is 18.3. The topological polar surface area (TPSA) is 0 Å². The van der Waals surface area contributed by atoms with Crippen LogP contribution in [0, 0.1) is 38.5 Å². The minimum atomic E-state index is 0.299. The first-order valence-corrected chi connectivity index (χ1v) is 12.2. The molecule has 0 bridgehead atoms. The molecule has 0 spiro atoms. The van der Waals surface area contributed by atoms with E-state index in [2.05, 4.69) is 90.1 Å². The summed E-state index contributed by atoms with van der Waals surface area (Å²) >= 11 is 0. The Morgan fingerprint density at radius 3 is 0.844 bits per heavy atom. The van der Waals surface area contributed by atoms with Crippen LogP contribution in [0.1, 0.15) is 58.4 Å². The monoisotopic (exact) mass is 418 g/mol. The number of rotatable bonds is 1. The van der Waals surface area contributed by atoms with Crippen LogP contribution in [0.3, 0.4) is 0 Å². The van der Waals surface area contributed by atoms with Gasteiger partial charge in [-0.2, -0.15) is 0 Å². The number of hydrogen-bond donors (Lipinski definition) is 0. The van der Waals surface area contributed by atoms with E-state index in [1.165, 1.54) is 69.5 Å². The predicted molar refractivity (Wildman–Crippen MR) is 138 cm³/mol. The maximum absolute atomic E-state index is 2.56. The molecule has 0 amide bonds. The van der Waals surface area contributed by atoms with Crippen LogP contribution < -0.4 is 0 Å². The first-order chi connectivity index (χ1) is 15.1. The van der Waals surface area contributed by atoms with Crippen molar-refractivity contribution in [2.75, 3.05) is 0 Å². The fourth-order valence-electron chi connectivity index (χ4n) is 6.66. The van der Waals surface area contributed by atoms with Gasteiger partial charge in [0.2, 0.25) is 0 Å². The van der Waals surface area contributed by atoms with E-state index in [-0.39, 0.29) is 0 Å². The van der Waals surface area contributed by atoms with E-state index in [1.54, 1.807) is 22.3 Å². The first kappa shape index (κ1) is 20.0. The van der Waals surface area contributed by atoms with Crippen LogP contribution in [-0.2, 0) is 25.7 Å². The molecule has 0 heterocycles. The smallest absolute Gasteiger partial charge is 0.0178 e. The molecule has 0 radical (unpaired) electrons. The molecule has 2 aliphatic rings. The van der Waals surface area contributed by atoms with Crippen LogP contribution in [-0.4, -0.2) is 0 Å². The zero-order valence-electron chi connectivity index (χ0n) is 20.4. The van der Waals surface area contributed by atoms with Crippen LogP contribution in [0.25, 0.3) is 21.5 Å². The molecule has 0 aliphatic heterocycles. The van der Waals surface area contributed by atoms with Gasteiger partial charge in [0.1, 0.15) is 0 Å². The van der Waals surface area contributed by atoms with E-state index in [0.717, 1.165) is 0 Å². The van der Waals surface area contributed by atoms with Crippen molar-refractivity contribution in [2.24, 2.45) is 10.8 Å². The van der Waals surface area contributed by atoms with E-state index < -0.39 is 0 Å². The molecule has 0 unspecified atom stereocenters. The Labute approximate surface area is 192 Å². The van der Waals surface area contributed by atoms with Gasteiger partial charge in [-0.05, 0) is 130 Å². The van der Waals surface area contributed by atoms with Crippen LogP contribution in [0.15, 0.2) is 48.5 Å². The molecule has 4 aromatic rings. The Kier molecular flexibility index (Phi) is 4.05. The molecule has 0 aromatic heterocycles. The third kappa shape index (κ3) is 2.81. The molecule has 0 nitrogen and oxygen atoms in total. The molecule has 0 heteroatoms. The lowest BCUT2D eigenvalue weighted by molar-refractivity contribution is 0.0902. The highest BCUT2D eigenvalue weighted by molar-refractivity contribution is 5.87. The van der Waals surface area contributed by atoms with Gasteiger partial charge >= 0.3 is 0 Å². The Balaban J connectivity index is 1.38. The highest BCUT2D eigenvalue weighted by Crippen LogP contribution is 2.56. The summed E-state index contributed by atoms with van der Waals surface area (Å²) in [5.74, 6) is 0. The summed E-state index contributed by atoms with van der Waals surface area (Å²) in [5.41, 5.74) is 12.5. The van der Waals surface area contributed by atoms with E-state index in [9.17, 15) is 0 Å². The third-order valence-electron chi connectivity index (χ3n) is 9.32. The van der Waals surface area contributed by atoms with Gasteiger partial charge in [-0.3, -0.25) is 0 Å². The number of aryl methyl sites for hydroxylation is 4. The average molecular weight is 419 g/mol. The summed E-state index contributed by atoms with van der Waals surface area (Å²) in [4.78, 5) is 0. The van der Waals surface area contributed by atoms with Crippen molar-refractivity contribution < 1.29 is 0 Å². The Hall–Kier alpha value is -2.60. The SMILES string of the molecule is Cc1cc2cc3c(cc2cc1C)CC(C)(C1(C)Cc2cc4cc(C)c(C)cc4cc2C1)C3. The molecule has 2 aliphatic carbocycles. The zero-order valence-corrected chi connectivity index (χ0v) is 20.4. The molecule has 0 saturated carbocycles. The van der Waals surface area contributed by atoms with Gasteiger partial charge in [0.15, 0.2) is 0 Å². The Bertz CT molecular complexity index is 1220. The van der Waals surface area contributed by atoms with Crippen LogP contribution >= 0.6 is 0 Å². The second kappa shape index (κ2) is 6.47. The summed E-state index contributed by atoms with van der Waals surface area (Å²) in [6, 6.07) is 19.5. The molecule has 0 fully saturated rings. The Morgan fingerprint density at radius 1 is 0.406 bits per heavy atom. The number of benzene rings is 4.